The maximum Gasteiger partial charge on any atom is 0.0933 e. The van der Waals surface area contributed by atoms with Gasteiger partial charge in [0.1, 0.15) is 0 Å². The monoisotopic (exact) mass is 237 g/mol. The predicted octanol–water partition coefficient (Wildman–Crippen LogP) is 1.78. The molecule has 0 aliphatic rings. The third-order valence-electron chi connectivity index (χ3n) is 2.39. The minimum Gasteiger partial charge on any atom is -0.396 e. The zero-order valence-corrected chi connectivity index (χ0v) is 10.3. The summed E-state index contributed by atoms with van der Waals surface area (Å²) in [6.45, 7) is 2.21. The number of aromatic nitrogens is 3. The largest absolute Gasteiger partial charge is 0.396 e. The van der Waals surface area contributed by atoms with E-state index in [0.717, 1.165) is 34.8 Å². The molecule has 2 aromatic rings. The van der Waals surface area contributed by atoms with Crippen LogP contribution in [0.25, 0.3) is 11.3 Å². The first kappa shape index (κ1) is 11.3. The fraction of sp³-hybridized carbons (Fsp3) is 0.455. The second-order valence-corrected chi connectivity index (χ2v) is 4.70. The lowest BCUT2D eigenvalue weighted by Gasteiger charge is -1.92. The Hall–Kier alpha value is -1.20. The summed E-state index contributed by atoms with van der Waals surface area (Å²) in [6, 6.07) is 0. The summed E-state index contributed by atoms with van der Waals surface area (Å²) >= 11 is 1.64. The molecule has 0 aromatic carbocycles. The molecule has 0 amide bonds. The molecule has 86 valence electrons. The van der Waals surface area contributed by atoms with Crippen LogP contribution in [-0.2, 0) is 13.5 Å². The van der Waals surface area contributed by atoms with Gasteiger partial charge in [-0.25, -0.2) is 4.98 Å². The molecule has 2 aromatic heterocycles. The average molecular weight is 237 g/mol. The summed E-state index contributed by atoms with van der Waals surface area (Å²) in [5.41, 5.74) is 3.08. The lowest BCUT2D eigenvalue weighted by atomic mass is 10.2. The van der Waals surface area contributed by atoms with Crippen molar-refractivity contribution < 1.29 is 5.11 Å². The summed E-state index contributed by atoms with van der Waals surface area (Å²) in [6.07, 6.45) is 3.61. The van der Waals surface area contributed by atoms with Crippen molar-refractivity contribution in [3.05, 3.63) is 22.3 Å². The molecule has 0 spiro atoms. The van der Waals surface area contributed by atoms with Crippen molar-refractivity contribution >= 4 is 11.3 Å². The van der Waals surface area contributed by atoms with Crippen molar-refractivity contribution in [2.45, 2.75) is 19.8 Å². The molecule has 2 heterocycles. The summed E-state index contributed by atoms with van der Waals surface area (Å²) in [5, 5.41) is 16.2. The van der Waals surface area contributed by atoms with Crippen molar-refractivity contribution in [3.8, 4) is 11.3 Å². The number of nitrogens with zero attached hydrogens (tertiary/aromatic N) is 3. The van der Waals surface area contributed by atoms with Gasteiger partial charge in [0.2, 0.25) is 0 Å². The maximum atomic E-state index is 8.76. The number of aryl methyl sites for hydroxylation is 3. The van der Waals surface area contributed by atoms with Gasteiger partial charge in [0.05, 0.1) is 16.4 Å². The summed E-state index contributed by atoms with van der Waals surface area (Å²) in [7, 11) is 1.91. The van der Waals surface area contributed by atoms with Crippen molar-refractivity contribution in [1.82, 2.24) is 14.8 Å². The second kappa shape index (κ2) is 4.76. The average Bonchev–Trinajstić information content (AvgIpc) is 2.82. The standard InChI is InChI=1S/C11H15N3OS/c1-8-9(6-14(2)13-8)10-7-16-11(12-10)4-3-5-15/h6-7,15H,3-5H2,1-2H3. The smallest absolute Gasteiger partial charge is 0.0933 e. The van der Waals surface area contributed by atoms with Gasteiger partial charge in [0.25, 0.3) is 0 Å². The molecule has 0 fully saturated rings. The minimum atomic E-state index is 0.223. The van der Waals surface area contributed by atoms with E-state index in [4.69, 9.17) is 5.11 Å². The van der Waals surface area contributed by atoms with E-state index in [1.54, 1.807) is 16.0 Å². The van der Waals surface area contributed by atoms with E-state index in [0.29, 0.717) is 0 Å². The van der Waals surface area contributed by atoms with E-state index >= 15 is 0 Å². The molecule has 4 nitrogen and oxygen atoms in total. The van der Waals surface area contributed by atoms with E-state index in [1.165, 1.54) is 0 Å². The molecular weight excluding hydrogens is 222 g/mol. The molecule has 0 saturated carbocycles. The minimum absolute atomic E-state index is 0.223. The van der Waals surface area contributed by atoms with Gasteiger partial charge in [-0.05, 0) is 13.3 Å². The molecule has 0 aliphatic carbocycles. The Kier molecular flexibility index (Phi) is 3.36. The highest BCUT2D eigenvalue weighted by atomic mass is 32.1. The summed E-state index contributed by atoms with van der Waals surface area (Å²) in [5.74, 6) is 0. The lowest BCUT2D eigenvalue weighted by Crippen LogP contribution is -1.88. The number of aliphatic hydroxyl groups excluding tert-OH is 1. The van der Waals surface area contributed by atoms with Gasteiger partial charge in [-0.2, -0.15) is 5.10 Å². The molecule has 0 bridgehead atoms. The molecule has 5 heteroatoms. The van der Waals surface area contributed by atoms with Gasteiger partial charge in [-0.15, -0.1) is 11.3 Å². The number of hydrogen-bond acceptors (Lipinski definition) is 4. The van der Waals surface area contributed by atoms with E-state index < -0.39 is 0 Å². The van der Waals surface area contributed by atoms with Crippen LogP contribution in [0.5, 0.6) is 0 Å². The van der Waals surface area contributed by atoms with Crippen molar-refractivity contribution in [2.24, 2.45) is 7.05 Å². The first-order chi connectivity index (χ1) is 7.70. The highest BCUT2D eigenvalue weighted by molar-refractivity contribution is 7.09. The quantitative estimate of drug-likeness (QED) is 0.881. The predicted molar refractivity (Wildman–Crippen MR) is 64.5 cm³/mol. The molecule has 0 atom stereocenters. The Bertz CT molecular complexity index is 475. The van der Waals surface area contributed by atoms with Crippen LogP contribution in [0.2, 0.25) is 0 Å². The maximum absolute atomic E-state index is 8.76. The first-order valence-corrected chi connectivity index (χ1v) is 6.14. The Morgan fingerprint density at radius 2 is 2.31 bits per heavy atom. The van der Waals surface area contributed by atoms with Crippen LogP contribution >= 0.6 is 11.3 Å². The third kappa shape index (κ3) is 2.31. The van der Waals surface area contributed by atoms with E-state index in [1.807, 2.05) is 20.2 Å². The van der Waals surface area contributed by atoms with E-state index in [9.17, 15) is 0 Å². The van der Waals surface area contributed by atoms with Crippen LogP contribution < -0.4 is 0 Å². The van der Waals surface area contributed by atoms with Crippen LogP contribution in [0.15, 0.2) is 11.6 Å². The van der Waals surface area contributed by atoms with Gasteiger partial charge in [-0.1, -0.05) is 0 Å². The molecule has 0 unspecified atom stereocenters. The Labute approximate surface area is 98.6 Å². The van der Waals surface area contributed by atoms with Crippen LogP contribution in [0, 0.1) is 6.92 Å². The van der Waals surface area contributed by atoms with Crippen LogP contribution in [0.1, 0.15) is 17.1 Å². The van der Waals surface area contributed by atoms with Crippen LogP contribution in [0.4, 0.5) is 0 Å². The van der Waals surface area contributed by atoms with E-state index in [-0.39, 0.29) is 6.61 Å². The number of thiazole rings is 1. The Balaban J connectivity index is 2.21. The van der Waals surface area contributed by atoms with Gasteiger partial charge >= 0.3 is 0 Å². The summed E-state index contributed by atoms with van der Waals surface area (Å²) < 4.78 is 1.80. The molecule has 1 N–H and O–H groups in total. The number of hydrogen-bond donors (Lipinski definition) is 1. The Morgan fingerprint density at radius 3 is 2.94 bits per heavy atom. The fourth-order valence-corrected chi connectivity index (χ4v) is 2.47. The molecule has 0 aliphatic heterocycles. The first-order valence-electron chi connectivity index (χ1n) is 5.26. The zero-order valence-electron chi connectivity index (χ0n) is 9.47. The molecule has 0 radical (unpaired) electrons. The SMILES string of the molecule is Cc1nn(C)cc1-c1csc(CCCO)n1. The van der Waals surface area contributed by atoms with Gasteiger partial charge < -0.3 is 5.11 Å². The molecule has 2 rings (SSSR count). The molecule has 0 saturated heterocycles. The highest BCUT2D eigenvalue weighted by Crippen LogP contribution is 2.24. The van der Waals surface area contributed by atoms with Gasteiger partial charge in [-0.3, -0.25) is 4.68 Å². The van der Waals surface area contributed by atoms with Crippen molar-refractivity contribution in [3.63, 3.8) is 0 Å². The lowest BCUT2D eigenvalue weighted by molar-refractivity contribution is 0.288. The second-order valence-electron chi connectivity index (χ2n) is 3.76. The van der Waals surface area contributed by atoms with E-state index in [2.05, 4.69) is 15.5 Å². The van der Waals surface area contributed by atoms with Gasteiger partial charge in [0.15, 0.2) is 0 Å². The summed E-state index contributed by atoms with van der Waals surface area (Å²) in [4.78, 5) is 4.55. The Morgan fingerprint density at radius 1 is 1.50 bits per heavy atom. The fourth-order valence-electron chi connectivity index (χ4n) is 1.63. The van der Waals surface area contributed by atoms with Gasteiger partial charge in [0, 0.05) is 37.2 Å². The topological polar surface area (TPSA) is 50.9 Å². The third-order valence-corrected chi connectivity index (χ3v) is 3.30. The molecule has 16 heavy (non-hydrogen) atoms. The zero-order chi connectivity index (χ0) is 11.5. The molecular formula is C11H15N3OS. The number of rotatable bonds is 4. The normalized spacial score (nSPS) is 10.9. The van der Waals surface area contributed by atoms with Crippen molar-refractivity contribution in [1.29, 1.82) is 0 Å². The van der Waals surface area contributed by atoms with Crippen LogP contribution in [-0.4, -0.2) is 26.5 Å². The van der Waals surface area contributed by atoms with Crippen LogP contribution in [0.3, 0.4) is 0 Å². The van der Waals surface area contributed by atoms with Crippen molar-refractivity contribution in [2.75, 3.05) is 6.61 Å². The highest BCUT2D eigenvalue weighted by Gasteiger charge is 2.09. The number of aliphatic hydroxyl groups is 1.